The second kappa shape index (κ2) is 4.09. The fraction of sp³-hybridized carbons (Fsp3) is 0.533. The molecule has 18 heavy (non-hydrogen) atoms. The molecule has 0 heterocycles. The summed E-state index contributed by atoms with van der Waals surface area (Å²) in [6, 6.07) is 8.94. The maximum Gasteiger partial charge on any atom is 0.338 e. The Morgan fingerprint density at radius 3 is 2.11 bits per heavy atom. The molecule has 0 bridgehead atoms. The summed E-state index contributed by atoms with van der Waals surface area (Å²) in [5.74, 6) is -0.325. The normalized spacial score (nSPS) is 28.3. The topological polar surface area (TPSA) is 46.5 Å². The lowest BCUT2D eigenvalue weighted by molar-refractivity contribution is -0.246. The molecule has 3 heteroatoms. The van der Waals surface area contributed by atoms with Crippen LogP contribution >= 0.6 is 0 Å². The lowest BCUT2D eigenvalue weighted by atomic mass is 9.51. The maximum absolute atomic E-state index is 12.0. The summed E-state index contributed by atoms with van der Waals surface area (Å²) in [4.78, 5) is 12.0. The van der Waals surface area contributed by atoms with Gasteiger partial charge in [-0.05, 0) is 12.1 Å². The van der Waals surface area contributed by atoms with E-state index in [-0.39, 0.29) is 12.1 Å². The third kappa shape index (κ3) is 1.83. The molecule has 2 rings (SSSR count). The van der Waals surface area contributed by atoms with Crippen LogP contribution in [0.15, 0.2) is 30.3 Å². The Hall–Kier alpha value is -1.35. The van der Waals surface area contributed by atoms with Crippen molar-refractivity contribution in [1.82, 2.24) is 0 Å². The van der Waals surface area contributed by atoms with E-state index in [1.165, 1.54) is 0 Å². The quantitative estimate of drug-likeness (QED) is 0.818. The van der Waals surface area contributed by atoms with Gasteiger partial charge in [0.25, 0.3) is 0 Å². The molecule has 0 atom stereocenters. The predicted molar refractivity (Wildman–Crippen MR) is 69.2 cm³/mol. The van der Waals surface area contributed by atoms with Gasteiger partial charge >= 0.3 is 5.97 Å². The monoisotopic (exact) mass is 248 g/mol. The van der Waals surface area contributed by atoms with Gasteiger partial charge in [-0.1, -0.05) is 45.9 Å². The second-order valence-electron chi connectivity index (χ2n) is 6.20. The molecule has 0 radical (unpaired) electrons. The van der Waals surface area contributed by atoms with Crippen molar-refractivity contribution in [3.05, 3.63) is 35.9 Å². The van der Waals surface area contributed by atoms with Crippen LogP contribution in [0.1, 0.15) is 38.1 Å². The fourth-order valence-electron chi connectivity index (χ4n) is 3.16. The SMILES string of the molecule is CC1(C)C(O)C(C)(C)C1OC(=O)c1ccccc1. The van der Waals surface area contributed by atoms with Crippen LogP contribution < -0.4 is 0 Å². The molecule has 1 aliphatic rings. The van der Waals surface area contributed by atoms with E-state index in [4.69, 9.17) is 4.74 Å². The van der Waals surface area contributed by atoms with Gasteiger partial charge in [0.15, 0.2) is 0 Å². The highest BCUT2D eigenvalue weighted by Crippen LogP contribution is 2.55. The van der Waals surface area contributed by atoms with Crippen LogP contribution in [-0.2, 0) is 4.74 Å². The van der Waals surface area contributed by atoms with E-state index in [2.05, 4.69) is 0 Å². The first-order valence-electron chi connectivity index (χ1n) is 6.22. The average molecular weight is 248 g/mol. The number of hydrogen-bond donors (Lipinski definition) is 1. The van der Waals surface area contributed by atoms with Crippen molar-refractivity contribution in [2.75, 3.05) is 0 Å². The summed E-state index contributed by atoms with van der Waals surface area (Å²) in [5.41, 5.74) is -0.243. The van der Waals surface area contributed by atoms with Crippen molar-refractivity contribution in [1.29, 1.82) is 0 Å². The first kappa shape index (κ1) is 13.1. The molecule has 0 aliphatic heterocycles. The predicted octanol–water partition coefficient (Wildman–Crippen LogP) is 2.64. The van der Waals surface area contributed by atoms with E-state index in [1.54, 1.807) is 12.1 Å². The van der Waals surface area contributed by atoms with Crippen LogP contribution in [0.2, 0.25) is 0 Å². The number of aliphatic hydroxyl groups is 1. The van der Waals surface area contributed by atoms with Crippen LogP contribution in [0, 0.1) is 10.8 Å². The molecule has 98 valence electrons. The standard InChI is InChI=1S/C15H20O3/c1-14(2)12(17)15(3,4)13(14)18-11(16)10-8-6-5-7-9-10/h5-9,12-13,17H,1-4H3. The molecular formula is C15H20O3. The summed E-state index contributed by atoms with van der Waals surface area (Å²) in [6.45, 7) is 7.69. The number of carbonyl (C=O) groups is 1. The lowest BCUT2D eigenvalue weighted by Crippen LogP contribution is -2.68. The van der Waals surface area contributed by atoms with Crippen LogP contribution in [0.4, 0.5) is 0 Å². The Bertz CT molecular complexity index is 432. The van der Waals surface area contributed by atoms with Gasteiger partial charge in [0.05, 0.1) is 11.7 Å². The minimum absolute atomic E-state index is 0.271. The molecule has 1 aromatic carbocycles. The fourth-order valence-corrected chi connectivity index (χ4v) is 3.16. The molecule has 0 spiro atoms. The Morgan fingerprint density at radius 1 is 1.11 bits per heavy atom. The summed E-state index contributed by atoms with van der Waals surface area (Å²) in [6.07, 6.45) is -0.730. The van der Waals surface area contributed by atoms with Crippen LogP contribution in [0.3, 0.4) is 0 Å². The van der Waals surface area contributed by atoms with Crippen molar-refractivity contribution in [3.8, 4) is 0 Å². The third-order valence-corrected chi connectivity index (χ3v) is 4.00. The molecule has 1 aliphatic carbocycles. The minimum atomic E-state index is -0.460. The summed E-state index contributed by atoms with van der Waals surface area (Å²) >= 11 is 0. The smallest absolute Gasteiger partial charge is 0.338 e. The second-order valence-corrected chi connectivity index (χ2v) is 6.20. The Balaban J connectivity index is 2.13. The number of hydrogen-bond acceptors (Lipinski definition) is 3. The van der Waals surface area contributed by atoms with Gasteiger partial charge < -0.3 is 9.84 Å². The van der Waals surface area contributed by atoms with Crippen molar-refractivity contribution in [2.45, 2.75) is 39.9 Å². The molecular weight excluding hydrogens is 228 g/mol. The van der Waals surface area contributed by atoms with E-state index in [0.717, 1.165) is 0 Å². The van der Waals surface area contributed by atoms with Crippen molar-refractivity contribution >= 4 is 5.97 Å². The van der Waals surface area contributed by atoms with E-state index in [9.17, 15) is 9.90 Å². The molecule has 0 saturated heterocycles. The molecule has 1 fully saturated rings. The summed E-state index contributed by atoms with van der Waals surface area (Å²) < 4.78 is 5.57. The van der Waals surface area contributed by atoms with Crippen molar-refractivity contribution in [3.63, 3.8) is 0 Å². The first-order valence-corrected chi connectivity index (χ1v) is 6.22. The van der Waals surface area contributed by atoms with Gasteiger partial charge in [-0.3, -0.25) is 0 Å². The number of ether oxygens (including phenoxy) is 1. The van der Waals surface area contributed by atoms with Gasteiger partial charge in [0.1, 0.15) is 6.10 Å². The Labute approximate surface area is 108 Å². The number of carbonyl (C=O) groups excluding carboxylic acids is 1. The molecule has 0 unspecified atom stereocenters. The zero-order valence-corrected chi connectivity index (χ0v) is 11.3. The molecule has 1 saturated carbocycles. The Kier molecular flexibility index (Phi) is 2.98. The summed E-state index contributed by atoms with van der Waals surface area (Å²) in [5, 5.41) is 10.1. The van der Waals surface area contributed by atoms with E-state index < -0.39 is 16.9 Å². The molecule has 1 N–H and O–H groups in total. The Morgan fingerprint density at radius 2 is 1.61 bits per heavy atom. The largest absolute Gasteiger partial charge is 0.457 e. The third-order valence-electron chi connectivity index (χ3n) is 4.00. The molecule has 0 aromatic heterocycles. The highest BCUT2D eigenvalue weighted by molar-refractivity contribution is 5.89. The van der Waals surface area contributed by atoms with E-state index in [1.807, 2.05) is 45.9 Å². The van der Waals surface area contributed by atoms with Gasteiger partial charge in [-0.25, -0.2) is 4.79 Å². The van der Waals surface area contributed by atoms with Gasteiger partial charge in [0, 0.05) is 10.8 Å². The lowest BCUT2D eigenvalue weighted by Gasteiger charge is -2.60. The molecule has 0 amide bonds. The molecule has 3 nitrogen and oxygen atoms in total. The summed E-state index contributed by atoms with van der Waals surface area (Å²) in [7, 11) is 0. The van der Waals surface area contributed by atoms with Crippen molar-refractivity contribution in [2.24, 2.45) is 10.8 Å². The highest BCUT2D eigenvalue weighted by Gasteiger charge is 2.63. The van der Waals surface area contributed by atoms with E-state index in [0.29, 0.717) is 5.56 Å². The average Bonchev–Trinajstić information content (AvgIpc) is 2.35. The first-order chi connectivity index (χ1) is 8.28. The van der Waals surface area contributed by atoms with Crippen LogP contribution in [0.5, 0.6) is 0 Å². The highest BCUT2D eigenvalue weighted by atomic mass is 16.6. The zero-order valence-electron chi connectivity index (χ0n) is 11.3. The van der Waals surface area contributed by atoms with Crippen molar-refractivity contribution < 1.29 is 14.6 Å². The van der Waals surface area contributed by atoms with E-state index >= 15 is 0 Å². The van der Waals surface area contributed by atoms with Crippen LogP contribution in [-0.4, -0.2) is 23.3 Å². The number of aliphatic hydroxyl groups excluding tert-OH is 1. The maximum atomic E-state index is 12.0. The zero-order chi connectivity index (χ0) is 13.6. The number of esters is 1. The van der Waals surface area contributed by atoms with Gasteiger partial charge in [-0.15, -0.1) is 0 Å². The molecule has 1 aromatic rings. The number of benzene rings is 1. The minimum Gasteiger partial charge on any atom is -0.457 e. The van der Waals surface area contributed by atoms with Gasteiger partial charge in [0.2, 0.25) is 0 Å². The number of rotatable bonds is 2. The van der Waals surface area contributed by atoms with Gasteiger partial charge in [-0.2, -0.15) is 0 Å². The van der Waals surface area contributed by atoms with Crippen LogP contribution in [0.25, 0.3) is 0 Å².